The quantitative estimate of drug-likeness (QED) is 0.628. The summed E-state index contributed by atoms with van der Waals surface area (Å²) in [5, 5.41) is 0. The maximum absolute atomic E-state index is 12.1. The Bertz CT molecular complexity index is 825. The van der Waals surface area contributed by atoms with Gasteiger partial charge in [-0.05, 0) is 24.3 Å². The van der Waals surface area contributed by atoms with Crippen molar-refractivity contribution in [3.63, 3.8) is 0 Å². The lowest BCUT2D eigenvalue weighted by molar-refractivity contribution is 0.0642. The van der Waals surface area contributed by atoms with E-state index in [1.807, 2.05) is 0 Å². The summed E-state index contributed by atoms with van der Waals surface area (Å²) in [6.07, 6.45) is 1.44. The molecule has 6 nitrogen and oxygen atoms in total. The molecule has 0 atom stereocenters. The lowest BCUT2D eigenvalue weighted by Gasteiger charge is -2.11. The van der Waals surface area contributed by atoms with Gasteiger partial charge in [-0.15, -0.1) is 11.3 Å². The third-order valence-electron chi connectivity index (χ3n) is 2.92. The number of nitrogens with zero attached hydrogens (tertiary/aromatic N) is 2. The maximum atomic E-state index is 12.1. The SMILES string of the molecule is O=C1c2cccnc2C(=O)N1Cc1ccc(S(=O)(=O)Cl)s1. The summed E-state index contributed by atoms with van der Waals surface area (Å²) in [5.74, 6) is -0.925. The van der Waals surface area contributed by atoms with Crippen LogP contribution in [0, 0.1) is 0 Å². The molecule has 0 saturated carbocycles. The number of hydrogen-bond donors (Lipinski definition) is 0. The molecule has 0 aromatic carbocycles. The van der Waals surface area contributed by atoms with Crippen molar-refractivity contribution in [1.29, 1.82) is 0 Å². The summed E-state index contributed by atoms with van der Waals surface area (Å²) in [6, 6.07) is 5.98. The van der Waals surface area contributed by atoms with Crippen molar-refractivity contribution >= 4 is 42.9 Å². The molecular weight excluding hydrogens is 336 g/mol. The molecule has 2 amide bonds. The van der Waals surface area contributed by atoms with Crippen LogP contribution in [0.1, 0.15) is 25.7 Å². The van der Waals surface area contributed by atoms with Crippen molar-refractivity contribution < 1.29 is 18.0 Å². The number of amides is 2. The third kappa shape index (κ3) is 2.45. The highest BCUT2D eigenvalue weighted by Gasteiger charge is 2.36. The number of carbonyl (C=O) groups is 2. The zero-order valence-corrected chi connectivity index (χ0v) is 12.7. The van der Waals surface area contributed by atoms with Crippen LogP contribution in [0.3, 0.4) is 0 Å². The van der Waals surface area contributed by atoms with Gasteiger partial charge in [-0.25, -0.2) is 8.42 Å². The average Bonchev–Trinajstić information content (AvgIpc) is 2.99. The van der Waals surface area contributed by atoms with Crippen LogP contribution in [-0.2, 0) is 15.6 Å². The Morgan fingerprint density at radius 1 is 1.19 bits per heavy atom. The normalized spacial score (nSPS) is 14.6. The molecule has 3 rings (SSSR count). The van der Waals surface area contributed by atoms with Gasteiger partial charge in [0.2, 0.25) is 0 Å². The van der Waals surface area contributed by atoms with E-state index in [1.54, 1.807) is 6.07 Å². The Morgan fingerprint density at radius 2 is 1.95 bits per heavy atom. The van der Waals surface area contributed by atoms with E-state index >= 15 is 0 Å². The topological polar surface area (TPSA) is 84.4 Å². The van der Waals surface area contributed by atoms with Gasteiger partial charge in [0, 0.05) is 21.8 Å². The van der Waals surface area contributed by atoms with Gasteiger partial charge in [0.05, 0.1) is 12.1 Å². The molecule has 2 aromatic rings. The fourth-order valence-electron chi connectivity index (χ4n) is 1.99. The molecule has 0 radical (unpaired) electrons. The molecular formula is C12H7ClN2O4S2. The van der Waals surface area contributed by atoms with E-state index in [2.05, 4.69) is 4.98 Å². The molecule has 0 saturated heterocycles. The van der Waals surface area contributed by atoms with Crippen LogP contribution in [0.25, 0.3) is 0 Å². The predicted molar refractivity (Wildman–Crippen MR) is 75.8 cm³/mol. The van der Waals surface area contributed by atoms with E-state index in [4.69, 9.17) is 10.7 Å². The van der Waals surface area contributed by atoms with Crippen molar-refractivity contribution in [2.45, 2.75) is 10.8 Å². The van der Waals surface area contributed by atoms with Crippen molar-refractivity contribution in [2.75, 3.05) is 0 Å². The lowest BCUT2D eigenvalue weighted by Crippen LogP contribution is -2.28. The highest BCUT2D eigenvalue weighted by molar-refractivity contribution is 8.15. The van der Waals surface area contributed by atoms with Crippen molar-refractivity contribution in [2.24, 2.45) is 0 Å². The Kier molecular flexibility index (Phi) is 3.31. The molecule has 9 heteroatoms. The third-order valence-corrected chi connectivity index (χ3v) is 6.09. The summed E-state index contributed by atoms with van der Waals surface area (Å²) >= 11 is 0.923. The van der Waals surface area contributed by atoms with Gasteiger partial charge in [0.25, 0.3) is 20.9 Å². The van der Waals surface area contributed by atoms with E-state index in [-0.39, 0.29) is 22.0 Å². The summed E-state index contributed by atoms with van der Waals surface area (Å²) in [6.45, 7) is -0.00883. The smallest absolute Gasteiger partial charge is 0.268 e. The highest BCUT2D eigenvalue weighted by atomic mass is 35.7. The molecule has 0 unspecified atom stereocenters. The first kappa shape index (κ1) is 14.2. The maximum Gasteiger partial charge on any atom is 0.280 e. The van der Waals surface area contributed by atoms with Crippen LogP contribution in [0.4, 0.5) is 0 Å². The molecule has 0 N–H and O–H groups in total. The first-order valence-corrected chi connectivity index (χ1v) is 8.85. The second-order valence-corrected chi connectivity index (χ2v) is 8.22. The molecule has 3 heterocycles. The second kappa shape index (κ2) is 4.90. The Labute approximate surface area is 128 Å². The minimum absolute atomic E-state index is 0.00883. The number of halogens is 1. The predicted octanol–water partition coefficient (Wildman–Crippen LogP) is 1.87. The Hall–Kier alpha value is -1.77. The van der Waals surface area contributed by atoms with Gasteiger partial charge in [0.15, 0.2) is 0 Å². The van der Waals surface area contributed by atoms with Crippen LogP contribution in [0.2, 0.25) is 0 Å². The first-order chi connectivity index (χ1) is 9.88. The Balaban J connectivity index is 1.89. The molecule has 0 spiro atoms. The zero-order chi connectivity index (χ0) is 15.2. The molecule has 0 bridgehead atoms. The van der Waals surface area contributed by atoms with Gasteiger partial charge in [0.1, 0.15) is 9.90 Å². The molecule has 108 valence electrons. The molecule has 0 aliphatic carbocycles. The van der Waals surface area contributed by atoms with Crippen molar-refractivity contribution in [3.8, 4) is 0 Å². The number of pyridine rings is 1. The van der Waals surface area contributed by atoms with E-state index in [1.165, 1.54) is 24.4 Å². The zero-order valence-electron chi connectivity index (χ0n) is 10.3. The number of rotatable bonds is 3. The first-order valence-electron chi connectivity index (χ1n) is 5.72. The van der Waals surface area contributed by atoms with E-state index in [9.17, 15) is 18.0 Å². The van der Waals surface area contributed by atoms with Crippen LogP contribution in [-0.4, -0.2) is 30.1 Å². The van der Waals surface area contributed by atoms with Crippen LogP contribution < -0.4 is 0 Å². The lowest BCUT2D eigenvalue weighted by atomic mass is 10.2. The van der Waals surface area contributed by atoms with Gasteiger partial charge < -0.3 is 0 Å². The van der Waals surface area contributed by atoms with Crippen molar-refractivity contribution in [3.05, 3.63) is 46.6 Å². The van der Waals surface area contributed by atoms with Gasteiger partial charge in [-0.2, -0.15) is 0 Å². The number of thiophene rings is 1. The van der Waals surface area contributed by atoms with Crippen LogP contribution >= 0.6 is 22.0 Å². The van der Waals surface area contributed by atoms with Crippen molar-refractivity contribution in [1.82, 2.24) is 9.88 Å². The minimum atomic E-state index is -3.81. The number of aromatic nitrogens is 1. The average molecular weight is 343 g/mol. The summed E-state index contributed by atoms with van der Waals surface area (Å²) in [4.78, 5) is 29.7. The number of hydrogen-bond acceptors (Lipinski definition) is 6. The fraction of sp³-hybridized carbons (Fsp3) is 0.0833. The van der Waals surface area contributed by atoms with E-state index < -0.39 is 20.9 Å². The standard InChI is InChI=1S/C12H7ClN2O4S2/c13-21(18,19)9-4-3-7(20-9)6-15-11(16)8-2-1-5-14-10(8)12(15)17/h1-5H,6H2. The van der Waals surface area contributed by atoms with Gasteiger partial charge >= 0.3 is 0 Å². The minimum Gasteiger partial charge on any atom is -0.268 e. The fourth-order valence-corrected chi connectivity index (χ4v) is 4.10. The summed E-state index contributed by atoms with van der Waals surface area (Å²) in [7, 11) is 1.44. The summed E-state index contributed by atoms with van der Waals surface area (Å²) < 4.78 is 22.4. The van der Waals surface area contributed by atoms with Crippen LogP contribution in [0.5, 0.6) is 0 Å². The monoisotopic (exact) mass is 342 g/mol. The summed E-state index contributed by atoms with van der Waals surface area (Å²) in [5.41, 5.74) is 0.369. The van der Waals surface area contributed by atoms with E-state index in [0.717, 1.165) is 16.2 Å². The molecule has 2 aromatic heterocycles. The second-order valence-electron chi connectivity index (χ2n) is 4.25. The van der Waals surface area contributed by atoms with Gasteiger partial charge in [-0.3, -0.25) is 19.5 Å². The number of fused-ring (bicyclic) bond motifs is 1. The molecule has 1 aliphatic heterocycles. The number of imide groups is 1. The molecule has 0 fully saturated rings. The molecule has 1 aliphatic rings. The molecule has 21 heavy (non-hydrogen) atoms. The number of carbonyl (C=O) groups excluding carboxylic acids is 2. The van der Waals surface area contributed by atoms with Gasteiger partial charge in [-0.1, -0.05) is 0 Å². The largest absolute Gasteiger partial charge is 0.280 e. The Morgan fingerprint density at radius 3 is 2.57 bits per heavy atom. The van der Waals surface area contributed by atoms with Crippen LogP contribution in [0.15, 0.2) is 34.7 Å². The highest BCUT2D eigenvalue weighted by Crippen LogP contribution is 2.28. The van der Waals surface area contributed by atoms with E-state index in [0.29, 0.717) is 4.88 Å².